The fourth-order valence-electron chi connectivity index (χ4n) is 2.84. The molecule has 7 unspecified atom stereocenters. The molecule has 34 heavy (non-hydrogen) atoms. The number of nitrogens with zero attached hydrogens (tertiary/aromatic N) is 3. The SMILES string of the molecule is NCCNP(=O)(O)O[P+](=O)OP(=O)(O)OCC1OC(n2cnc3c(=O)[nH]c(N)nc32)C(O)C1O. The van der Waals surface area contributed by atoms with Crippen molar-refractivity contribution in [1.29, 1.82) is 0 Å². The zero-order chi connectivity index (χ0) is 25.3. The van der Waals surface area contributed by atoms with Crippen LogP contribution in [0.1, 0.15) is 6.23 Å². The minimum atomic E-state index is -5.15. The average Bonchev–Trinajstić information content (AvgIpc) is 3.25. The number of H-pyrrole nitrogens is 1. The molecule has 0 radical (unpaired) electrons. The smallest absolute Gasteiger partial charge is 0.387 e. The molecule has 0 saturated carbocycles. The Morgan fingerprint density at radius 1 is 1.29 bits per heavy atom. The predicted molar refractivity (Wildman–Crippen MR) is 111 cm³/mol. The highest BCUT2D eigenvalue weighted by Gasteiger charge is 2.48. The Balaban J connectivity index is 1.64. The molecule has 19 nitrogen and oxygen atoms in total. The second-order valence-electron chi connectivity index (χ2n) is 6.69. The summed E-state index contributed by atoms with van der Waals surface area (Å²) in [4.78, 5) is 40.9. The van der Waals surface area contributed by atoms with Gasteiger partial charge in [-0.1, -0.05) is 0 Å². The molecule has 0 aromatic carbocycles. The summed E-state index contributed by atoms with van der Waals surface area (Å²) in [5.41, 5.74) is 9.79. The standard InChI is InChI=1S/C12H20N7O12P3/c13-1-2-16-33(24,25)30-32(23)31-34(26,27)28-3-5-7(20)8(21)11(29-5)19-4-15-6-9(19)17-12(14)18-10(6)22/h4-5,7-8,11,20-21H,1-3,13H2,(H5-,14,16,17,18,22,24,25,26,27)/p+1. The summed E-state index contributed by atoms with van der Waals surface area (Å²) in [6.07, 6.45) is -4.96. The summed E-state index contributed by atoms with van der Waals surface area (Å²) in [7, 11) is -13.4. The second kappa shape index (κ2) is 10.5. The van der Waals surface area contributed by atoms with Crippen molar-refractivity contribution in [3.05, 3.63) is 16.7 Å². The monoisotopic (exact) mass is 548 g/mol. The quantitative estimate of drug-likeness (QED) is 0.138. The number of aromatic nitrogens is 4. The minimum Gasteiger partial charge on any atom is -0.387 e. The number of nitrogens with one attached hydrogen (secondary N) is 2. The first kappa shape index (κ1) is 26.9. The van der Waals surface area contributed by atoms with Crippen LogP contribution in [0.2, 0.25) is 0 Å². The lowest BCUT2D eigenvalue weighted by atomic mass is 10.1. The van der Waals surface area contributed by atoms with Crippen molar-refractivity contribution < 1.29 is 51.6 Å². The van der Waals surface area contributed by atoms with Gasteiger partial charge in [-0.2, -0.15) is 4.98 Å². The van der Waals surface area contributed by atoms with Crippen LogP contribution in [-0.4, -0.2) is 77.5 Å². The van der Waals surface area contributed by atoms with Gasteiger partial charge in [0.25, 0.3) is 5.56 Å². The molecule has 3 heterocycles. The number of phosphoric ester groups is 1. The first-order valence-corrected chi connectivity index (χ1v) is 13.4. The van der Waals surface area contributed by atoms with Crippen molar-refractivity contribution in [3.8, 4) is 0 Å². The highest BCUT2D eigenvalue weighted by molar-refractivity contribution is 7.62. The first-order chi connectivity index (χ1) is 15.8. The predicted octanol–water partition coefficient (Wildman–Crippen LogP) is -2.22. The second-order valence-corrected chi connectivity index (χ2v) is 11.0. The number of anilines is 1. The molecule has 1 saturated heterocycles. The fourth-order valence-corrected chi connectivity index (χ4v) is 5.79. The molecule has 1 fully saturated rings. The maximum Gasteiger partial charge on any atom is 0.718 e. The van der Waals surface area contributed by atoms with Crippen molar-refractivity contribution in [2.75, 3.05) is 25.4 Å². The third-order valence-electron chi connectivity index (χ3n) is 4.27. The molecule has 2 aromatic rings. The van der Waals surface area contributed by atoms with Crippen molar-refractivity contribution in [3.63, 3.8) is 0 Å². The maximum absolute atomic E-state index is 12.0. The molecule has 2 aromatic heterocycles. The maximum atomic E-state index is 12.0. The average molecular weight is 548 g/mol. The van der Waals surface area contributed by atoms with Gasteiger partial charge in [0.05, 0.1) is 12.9 Å². The number of phosphoric acid groups is 1. The van der Waals surface area contributed by atoms with Gasteiger partial charge in [-0.3, -0.25) is 23.8 Å². The fraction of sp³-hybridized carbons (Fsp3) is 0.583. The van der Waals surface area contributed by atoms with E-state index in [4.69, 9.17) is 16.2 Å². The number of fused-ring (bicyclic) bond motifs is 1. The summed E-state index contributed by atoms with van der Waals surface area (Å²) in [5.74, 6) is -0.243. The largest absolute Gasteiger partial charge is 0.718 e. The van der Waals surface area contributed by atoms with Gasteiger partial charge >= 0.3 is 23.8 Å². The third kappa shape index (κ3) is 6.30. The Hall–Kier alpha value is -1.69. The topological polar surface area (TPSA) is 297 Å². The number of aliphatic hydroxyl groups excluding tert-OH is 2. The molecule has 190 valence electrons. The van der Waals surface area contributed by atoms with Gasteiger partial charge in [-0.15, -0.1) is 0 Å². The molecule has 1 aliphatic heterocycles. The Labute approximate surface area is 190 Å². The number of aromatic amines is 1. The Kier molecular flexibility index (Phi) is 8.32. The van der Waals surface area contributed by atoms with Crippen molar-refractivity contribution in [2.24, 2.45) is 5.73 Å². The van der Waals surface area contributed by atoms with Gasteiger partial charge in [-0.25, -0.2) is 19.2 Å². The number of hydrogen-bond donors (Lipinski definition) is 8. The lowest BCUT2D eigenvalue weighted by Gasteiger charge is -2.16. The number of imidazole rings is 1. The van der Waals surface area contributed by atoms with E-state index >= 15 is 0 Å². The molecular formula is C12H21N7O12P3+. The molecule has 22 heteroatoms. The molecular weight excluding hydrogens is 527 g/mol. The van der Waals surface area contributed by atoms with Crippen LogP contribution in [0.4, 0.5) is 5.95 Å². The van der Waals surface area contributed by atoms with Gasteiger partial charge in [0.2, 0.25) is 5.95 Å². The molecule has 0 spiro atoms. The van der Waals surface area contributed by atoms with E-state index in [-0.39, 0.29) is 30.2 Å². The van der Waals surface area contributed by atoms with E-state index < -0.39 is 60.5 Å². The summed E-state index contributed by atoms with van der Waals surface area (Å²) in [6.45, 7) is -1.11. The van der Waals surface area contributed by atoms with Crippen LogP contribution in [0, 0.1) is 0 Å². The van der Waals surface area contributed by atoms with E-state index in [1.165, 1.54) is 0 Å². The van der Waals surface area contributed by atoms with E-state index in [1.807, 2.05) is 5.09 Å². The van der Waals surface area contributed by atoms with Gasteiger partial charge < -0.3 is 31.3 Å². The van der Waals surface area contributed by atoms with Crippen LogP contribution >= 0.6 is 23.8 Å². The minimum absolute atomic E-state index is 0.0570. The van der Waals surface area contributed by atoms with E-state index in [0.29, 0.717) is 0 Å². The van der Waals surface area contributed by atoms with E-state index in [9.17, 15) is 38.5 Å². The van der Waals surface area contributed by atoms with Crippen molar-refractivity contribution >= 4 is 40.9 Å². The van der Waals surface area contributed by atoms with E-state index in [2.05, 4.69) is 28.1 Å². The summed E-state index contributed by atoms with van der Waals surface area (Å²) in [6, 6.07) is 0. The van der Waals surface area contributed by atoms with Crippen LogP contribution in [-0.2, 0) is 31.6 Å². The first-order valence-electron chi connectivity index (χ1n) is 9.19. The summed E-state index contributed by atoms with van der Waals surface area (Å²) < 4.78 is 54.7. The highest BCUT2D eigenvalue weighted by Crippen LogP contribution is 2.58. The molecule has 0 bridgehead atoms. The number of nitrogen functional groups attached to an aromatic ring is 1. The van der Waals surface area contributed by atoms with E-state index in [0.717, 1.165) is 10.9 Å². The highest BCUT2D eigenvalue weighted by atomic mass is 31.3. The molecule has 10 N–H and O–H groups in total. The Morgan fingerprint density at radius 3 is 2.68 bits per heavy atom. The van der Waals surface area contributed by atoms with Gasteiger partial charge in [0.1, 0.15) is 18.3 Å². The molecule has 0 aliphatic carbocycles. The van der Waals surface area contributed by atoms with Crippen LogP contribution in [0.15, 0.2) is 11.1 Å². The number of aliphatic hydroxyl groups is 2. The zero-order valence-corrected chi connectivity index (χ0v) is 19.6. The molecule has 0 amide bonds. The zero-order valence-electron chi connectivity index (χ0n) is 16.9. The lowest BCUT2D eigenvalue weighted by Crippen LogP contribution is -2.33. The van der Waals surface area contributed by atoms with Gasteiger partial charge in [-0.05, 0) is 8.62 Å². The van der Waals surface area contributed by atoms with Crippen molar-refractivity contribution in [2.45, 2.75) is 24.5 Å². The van der Waals surface area contributed by atoms with Crippen LogP contribution in [0.5, 0.6) is 0 Å². The Bertz CT molecular complexity index is 1200. The number of hydrogen-bond acceptors (Lipinski definition) is 14. The molecule has 3 rings (SSSR count). The third-order valence-corrected chi connectivity index (χ3v) is 8.14. The summed E-state index contributed by atoms with van der Waals surface area (Å²) >= 11 is 0. The van der Waals surface area contributed by atoms with Crippen molar-refractivity contribution in [1.82, 2.24) is 24.6 Å². The number of nitrogens with two attached hydrogens (primary N) is 2. The van der Waals surface area contributed by atoms with Gasteiger partial charge in [0, 0.05) is 17.7 Å². The lowest BCUT2D eigenvalue weighted by molar-refractivity contribution is -0.0501. The Morgan fingerprint density at radius 2 is 2.00 bits per heavy atom. The molecule has 7 atom stereocenters. The van der Waals surface area contributed by atoms with Crippen LogP contribution in [0.25, 0.3) is 11.2 Å². The van der Waals surface area contributed by atoms with Crippen LogP contribution < -0.4 is 22.1 Å². The number of rotatable bonds is 11. The number of ether oxygens (including phenoxy) is 1. The van der Waals surface area contributed by atoms with Gasteiger partial charge in [0.15, 0.2) is 17.4 Å². The summed E-state index contributed by atoms with van der Waals surface area (Å²) in [5, 5.41) is 22.5. The molecule has 1 aliphatic rings. The normalized spacial score (nSPS) is 26.9. The van der Waals surface area contributed by atoms with Crippen LogP contribution in [0.3, 0.4) is 0 Å². The van der Waals surface area contributed by atoms with E-state index in [1.54, 1.807) is 0 Å².